The predicted octanol–water partition coefficient (Wildman–Crippen LogP) is 8.66. The summed E-state index contributed by atoms with van der Waals surface area (Å²) in [6, 6.07) is 28.7. The molecule has 0 radical (unpaired) electrons. The average molecular weight is 662 g/mol. The van der Waals surface area contributed by atoms with E-state index in [4.69, 9.17) is 24.3 Å². The minimum absolute atomic E-state index is 0.149. The molecule has 1 saturated carbocycles. The number of nitrogens with one attached hydrogen (secondary N) is 1. The maximum absolute atomic E-state index is 12.7. The third kappa shape index (κ3) is 8.71. The van der Waals surface area contributed by atoms with Crippen molar-refractivity contribution in [3.8, 4) is 17.2 Å². The first kappa shape index (κ1) is 33.8. The van der Waals surface area contributed by atoms with Gasteiger partial charge < -0.3 is 24.4 Å². The Bertz CT molecular complexity index is 1840. The summed E-state index contributed by atoms with van der Waals surface area (Å²) in [4.78, 5) is 19.3. The Hall–Kier alpha value is -5.05. The van der Waals surface area contributed by atoms with E-state index in [1.807, 2.05) is 93.3 Å². The summed E-state index contributed by atoms with van der Waals surface area (Å²) in [5.74, 6) is 3.33. The zero-order valence-electron chi connectivity index (χ0n) is 29.2. The van der Waals surface area contributed by atoms with Crippen molar-refractivity contribution in [2.75, 3.05) is 19.5 Å². The first-order valence-electron chi connectivity index (χ1n) is 17.2. The van der Waals surface area contributed by atoms with Crippen molar-refractivity contribution in [1.82, 2.24) is 19.7 Å². The number of rotatable bonds is 11. The number of hydrogen-bond donors (Lipinski definition) is 1. The van der Waals surface area contributed by atoms with Gasteiger partial charge in [0, 0.05) is 25.3 Å². The molecule has 6 rings (SSSR count). The van der Waals surface area contributed by atoms with Gasteiger partial charge in [0.2, 0.25) is 0 Å². The van der Waals surface area contributed by atoms with E-state index in [1.165, 1.54) is 11.1 Å². The third-order valence-electron chi connectivity index (χ3n) is 9.04. The lowest BCUT2D eigenvalue weighted by Gasteiger charge is -2.35. The number of anilines is 1. The van der Waals surface area contributed by atoms with Crippen LogP contribution < -0.4 is 14.8 Å². The molecule has 1 aliphatic rings. The fourth-order valence-electron chi connectivity index (χ4n) is 6.44. The number of para-hydroxylation sites is 1. The molecule has 9 nitrogen and oxygen atoms in total. The van der Waals surface area contributed by atoms with Gasteiger partial charge >= 0.3 is 6.09 Å². The van der Waals surface area contributed by atoms with Gasteiger partial charge in [-0.05, 0) is 118 Å². The van der Waals surface area contributed by atoms with Crippen molar-refractivity contribution in [1.29, 1.82) is 0 Å². The summed E-state index contributed by atoms with van der Waals surface area (Å²) in [6.45, 7) is 6.29. The average Bonchev–Trinajstić information content (AvgIpc) is 3.44. The number of ether oxygens (including phenoxy) is 3. The molecule has 0 aliphatic heterocycles. The Balaban J connectivity index is 1.21. The van der Waals surface area contributed by atoms with Gasteiger partial charge in [-0.15, -0.1) is 0 Å². The molecule has 0 unspecified atom stereocenters. The Morgan fingerprint density at radius 2 is 1.61 bits per heavy atom. The van der Waals surface area contributed by atoms with E-state index >= 15 is 0 Å². The first-order chi connectivity index (χ1) is 23.6. The second kappa shape index (κ2) is 15.0. The van der Waals surface area contributed by atoms with E-state index in [2.05, 4.69) is 35.6 Å². The lowest BCUT2D eigenvalue weighted by Crippen LogP contribution is -2.43. The molecule has 5 aromatic rings. The zero-order chi connectivity index (χ0) is 34.4. The Morgan fingerprint density at radius 3 is 2.33 bits per heavy atom. The van der Waals surface area contributed by atoms with Gasteiger partial charge in [-0.2, -0.15) is 5.10 Å². The van der Waals surface area contributed by atoms with Crippen LogP contribution in [0.25, 0.3) is 11.0 Å². The normalized spacial score (nSPS) is 16.3. The summed E-state index contributed by atoms with van der Waals surface area (Å²) < 4.78 is 19.1. The number of pyridine rings is 1. The Kier molecular flexibility index (Phi) is 10.4. The van der Waals surface area contributed by atoms with E-state index in [-0.39, 0.29) is 18.2 Å². The van der Waals surface area contributed by atoms with Crippen LogP contribution in [0, 0.1) is 0 Å². The van der Waals surface area contributed by atoms with Crippen LogP contribution in [0.4, 0.5) is 10.6 Å². The number of hydrogen-bond acceptors (Lipinski definition) is 7. The smallest absolute Gasteiger partial charge is 0.410 e. The molecule has 1 fully saturated rings. The van der Waals surface area contributed by atoms with Crippen LogP contribution in [0.5, 0.6) is 17.2 Å². The van der Waals surface area contributed by atoms with Crippen LogP contribution in [-0.2, 0) is 24.1 Å². The van der Waals surface area contributed by atoms with Gasteiger partial charge in [0.15, 0.2) is 11.5 Å². The molecule has 9 heteroatoms. The van der Waals surface area contributed by atoms with Crippen LogP contribution in [0.2, 0.25) is 0 Å². The van der Waals surface area contributed by atoms with E-state index in [9.17, 15) is 4.79 Å². The van der Waals surface area contributed by atoms with Crippen LogP contribution in [-0.4, -0.2) is 57.6 Å². The van der Waals surface area contributed by atoms with Crippen molar-refractivity contribution in [3.05, 3.63) is 108 Å². The Morgan fingerprint density at radius 1 is 0.878 bits per heavy atom. The summed E-state index contributed by atoms with van der Waals surface area (Å²) in [5, 5.41) is 9.99. The van der Waals surface area contributed by atoms with Gasteiger partial charge in [-0.3, -0.25) is 0 Å². The monoisotopic (exact) mass is 661 g/mol. The molecule has 3 aromatic carbocycles. The molecule has 1 N–H and O–H groups in total. The maximum Gasteiger partial charge on any atom is 0.410 e. The standard InChI is InChI=1S/C40H47N5O4/c1-40(2,3)49-39(46)44(4)32-20-18-31(19-21-32)42-37-36-30(17-14-28-10-9-13-35(26-28)48-34-11-7-6-8-12-34)24-25-41-38(36)45(43-37)27-29-15-22-33(47-5)23-16-29/h6-13,15-16,22-26,31-32H,14,17-21,27H2,1-5H3,(H,42,43)/t31-,32+. The first-order valence-corrected chi connectivity index (χ1v) is 17.2. The van der Waals surface area contributed by atoms with Gasteiger partial charge in [-0.25, -0.2) is 14.5 Å². The lowest BCUT2D eigenvalue weighted by atomic mass is 9.90. The topological polar surface area (TPSA) is 90.7 Å². The summed E-state index contributed by atoms with van der Waals surface area (Å²) in [6.07, 6.45) is 6.93. The lowest BCUT2D eigenvalue weighted by molar-refractivity contribution is 0.0185. The van der Waals surface area contributed by atoms with E-state index in [1.54, 1.807) is 12.0 Å². The molecule has 2 aromatic heterocycles. The number of benzene rings is 3. The predicted molar refractivity (Wildman–Crippen MR) is 194 cm³/mol. The number of amides is 1. The molecule has 1 aliphatic carbocycles. The minimum atomic E-state index is -0.514. The largest absolute Gasteiger partial charge is 0.497 e. The second-order valence-electron chi connectivity index (χ2n) is 13.8. The van der Waals surface area contributed by atoms with Crippen molar-refractivity contribution in [3.63, 3.8) is 0 Å². The molecule has 256 valence electrons. The number of carbonyl (C=O) groups excluding carboxylic acids is 1. The molecule has 0 atom stereocenters. The molecule has 49 heavy (non-hydrogen) atoms. The van der Waals surface area contributed by atoms with Gasteiger partial charge in [0.1, 0.15) is 22.8 Å². The van der Waals surface area contributed by atoms with Gasteiger partial charge in [0.25, 0.3) is 0 Å². The van der Waals surface area contributed by atoms with E-state index in [0.717, 1.165) is 78.2 Å². The molecule has 2 heterocycles. The molecule has 0 bridgehead atoms. The van der Waals surface area contributed by atoms with Crippen molar-refractivity contribution >= 4 is 22.9 Å². The number of fused-ring (bicyclic) bond motifs is 1. The summed E-state index contributed by atoms with van der Waals surface area (Å²) in [5.41, 5.74) is 3.85. The van der Waals surface area contributed by atoms with Crippen LogP contribution >= 0.6 is 0 Å². The number of carbonyl (C=O) groups is 1. The van der Waals surface area contributed by atoms with Gasteiger partial charge in [0.05, 0.1) is 19.0 Å². The molecule has 1 amide bonds. The maximum atomic E-state index is 12.7. The highest BCUT2D eigenvalue weighted by Crippen LogP contribution is 2.32. The van der Waals surface area contributed by atoms with Crippen LogP contribution in [0.3, 0.4) is 0 Å². The van der Waals surface area contributed by atoms with Crippen LogP contribution in [0.15, 0.2) is 91.1 Å². The fourth-order valence-corrected chi connectivity index (χ4v) is 6.44. The fraction of sp³-hybridized carbons (Fsp3) is 0.375. The van der Waals surface area contributed by atoms with Gasteiger partial charge in [-0.1, -0.05) is 42.5 Å². The third-order valence-corrected chi connectivity index (χ3v) is 9.04. The highest BCUT2D eigenvalue weighted by molar-refractivity contribution is 5.91. The SMILES string of the molecule is COc1ccc(Cn2nc(N[C@H]3CC[C@@H](N(C)C(=O)OC(C)(C)C)CC3)c3c(CCc4cccc(Oc5ccccc5)c4)ccnc32)cc1. The van der Waals surface area contributed by atoms with E-state index in [0.29, 0.717) is 6.54 Å². The number of nitrogens with zero attached hydrogens (tertiary/aromatic N) is 4. The summed E-state index contributed by atoms with van der Waals surface area (Å²) >= 11 is 0. The van der Waals surface area contributed by atoms with Crippen molar-refractivity contribution < 1.29 is 19.0 Å². The number of aryl methyl sites for hydroxylation is 2. The molecular weight excluding hydrogens is 614 g/mol. The zero-order valence-corrected chi connectivity index (χ0v) is 29.2. The Labute approximate surface area is 289 Å². The molecular formula is C40H47N5O4. The van der Waals surface area contributed by atoms with Crippen molar-refractivity contribution in [2.45, 2.75) is 83.5 Å². The second-order valence-corrected chi connectivity index (χ2v) is 13.8. The summed E-state index contributed by atoms with van der Waals surface area (Å²) in [7, 11) is 3.53. The molecule has 0 saturated heterocycles. The highest BCUT2D eigenvalue weighted by Gasteiger charge is 2.30. The van der Waals surface area contributed by atoms with E-state index < -0.39 is 5.60 Å². The number of methoxy groups -OCH3 is 1. The highest BCUT2D eigenvalue weighted by atomic mass is 16.6. The van der Waals surface area contributed by atoms with Crippen LogP contribution in [0.1, 0.15) is 63.1 Å². The number of aromatic nitrogens is 3. The van der Waals surface area contributed by atoms with Crippen molar-refractivity contribution in [2.24, 2.45) is 0 Å². The quantitative estimate of drug-likeness (QED) is 0.152. The molecule has 0 spiro atoms. The minimum Gasteiger partial charge on any atom is -0.497 e.